The van der Waals surface area contributed by atoms with Gasteiger partial charge < -0.3 is 43.8 Å². The Balaban J connectivity index is 0.908. The first kappa shape index (κ1) is 57.8. The Morgan fingerprint density at radius 3 is 2.33 bits per heavy atom. The molecular formula is C75H80O12. The van der Waals surface area contributed by atoms with Crippen LogP contribution in [0, 0.1) is 29.6 Å². The molecule has 9 aliphatic rings. The quantitative estimate of drug-likeness (QED) is 0.0335. The molecule has 2 bridgehead atoms. The molecule has 5 aromatic carbocycles. The Bertz CT molecular complexity index is 3790. The van der Waals surface area contributed by atoms with E-state index >= 15 is 9.59 Å². The van der Waals surface area contributed by atoms with Crippen LogP contribution >= 0.6 is 0 Å². The number of aliphatic hydroxyl groups is 4. The molecular weight excluding hydrogens is 1090 g/mol. The molecule has 0 radical (unpaired) electrons. The van der Waals surface area contributed by atoms with Crippen molar-refractivity contribution in [2.45, 2.75) is 157 Å². The van der Waals surface area contributed by atoms with Crippen LogP contribution in [0.5, 0.6) is 5.75 Å². The van der Waals surface area contributed by atoms with Gasteiger partial charge in [0.1, 0.15) is 23.7 Å². The number of carbonyl (C=O) groups is 2. The van der Waals surface area contributed by atoms with Crippen LogP contribution in [0.1, 0.15) is 181 Å². The Morgan fingerprint density at radius 1 is 0.747 bits per heavy atom. The molecule has 0 saturated heterocycles. The van der Waals surface area contributed by atoms with Crippen molar-refractivity contribution < 1.29 is 53.4 Å². The largest absolute Gasteiger partial charge is 0.483 e. The third kappa shape index (κ3) is 9.79. The monoisotopic (exact) mass is 1170 g/mol. The second-order valence-electron chi connectivity index (χ2n) is 26.6. The first-order chi connectivity index (χ1) is 42.4. The van der Waals surface area contributed by atoms with E-state index in [2.05, 4.69) is 109 Å². The second kappa shape index (κ2) is 23.5. The zero-order valence-electron chi connectivity index (χ0n) is 50.0. The number of ether oxygens (including phenoxy) is 4. The molecule has 13 atom stereocenters. The number of aliphatic hydroxyl groups excluding tert-OH is 4. The Morgan fingerprint density at radius 2 is 1.53 bits per heavy atom. The average molecular weight is 1170 g/mol. The Hall–Kier alpha value is -6.93. The third-order valence-corrected chi connectivity index (χ3v) is 22.5. The third-order valence-electron chi connectivity index (χ3n) is 22.5. The van der Waals surface area contributed by atoms with Gasteiger partial charge in [-0.05, 0) is 194 Å². The van der Waals surface area contributed by atoms with E-state index in [9.17, 15) is 25.2 Å². The molecule has 6 aliphatic carbocycles. The summed E-state index contributed by atoms with van der Waals surface area (Å²) in [6.45, 7) is 1.61. The van der Waals surface area contributed by atoms with Crippen molar-refractivity contribution >= 4 is 29.0 Å². The van der Waals surface area contributed by atoms with Crippen LogP contribution < -0.4 is 10.4 Å². The molecule has 0 amide bonds. The summed E-state index contributed by atoms with van der Waals surface area (Å²) >= 11 is 0. The van der Waals surface area contributed by atoms with E-state index in [1.54, 1.807) is 19.1 Å². The van der Waals surface area contributed by atoms with Gasteiger partial charge in [0.05, 0.1) is 25.4 Å². The first-order valence-corrected chi connectivity index (χ1v) is 32.1. The molecule has 3 aliphatic heterocycles. The highest BCUT2D eigenvalue weighted by atomic mass is 16.6. The number of hydrogen-bond acceptors (Lipinski definition) is 12. The van der Waals surface area contributed by atoms with Gasteiger partial charge in [0.25, 0.3) is 0 Å². The number of allylic oxidation sites excluding steroid dienone is 3. The summed E-state index contributed by atoms with van der Waals surface area (Å²) in [4.78, 5) is 46.0. The number of carbonyl (C=O) groups excluding carboxylic acids is 2. The minimum atomic E-state index is -1.40. The minimum Gasteiger partial charge on any atom is -0.483 e. The molecule has 1 spiro atoms. The van der Waals surface area contributed by atoms with Crippen molar-refractivity contribution in [3.05, 3.63) is 210 Å². The van der Waals surface area contributed by atoms with E-state index in [0.29, 0.717) is 54.1 Å². The van der Waals surface area contributed by atoms with E-state index in [-0.39, 0.29) is 108 Å². The highest BCUT2D eigenvalue weighted by Gasteiger charge is 2.60. The fourth-order valence-electron chi connectivity index (χ4n) is 18.4. The van der Waals surface area contributed by atoms with E-state index < -0.39 is 54.7 Å². The average Bonchev–Trinajstić information content (AvgIpc) is 0.782. The smallest absolute Gasteiger partial charge is 0.340 e. The molecule has 4 N–H and O–H groups in total. The Kier molecular flexibility index (Phi) is 15.6. The van der Waals surface area contributed by atoms with Crippen molar-refractivity contribution in [1.82, 2.24) is 0 Å². The van der Waals surface area contributed by atoms with Crippen LogP contribution in [-0.2, 0) is 55.1 Å². The van der Waals surface area contributed by atoms with Gasteiger partial charge in [-0.25, -0.2) is 9.59 Å². The maximum absolute atomic E-state index is 15.9. The van der Waals surface area contributed by atoms with Gasteiger partial charge in [0, 0.05) is 58.6 Å². The lowest BCUT2D eigenvalue weighted by Crippen LogP contribution is -2.58. The summed E-state index contributed by atoms with van der Waals surface area (Å²) in [6, 6.07) is 36.7. The van der Waals surface area contributed by atoms with Gasteiger partial charge in [-0.2, -0.15) is 0 Å². The molecule has 4 heterocycles. The molecule has 452 valence electrons. The molecule has 12 nitrogen and oxygen atoms in total. The SMILES string of the molecule is C/C(CO)=C1\CCc2ccc(cc2)[C@@H]2C=C[C@H](c3cccc4c3CC[C@@H]3CCC[C@H]5CCc6ccccc6[C@]453)C[C@@H]2CC(=O)O[C@@H]2c3c(ccc4c(CO)c([C@H](CCO)COCO)c(=O)oc34)O[C@@](C)([C@H]3C[C@@H]4C=Cc5ccccc5[C@@H]4C3)[C@H]2OC1=O. The molecule has 2 fully saturated rings. The predicted molar refractivity (Wildman–Crippen MR) is 331 cm³/mol. The van der Waals surface area contributed by atoms with Gasteiger partial charge in [-0.15, -0.1) is 0 Å². The number of fused-ring (bicyclic) bond motifs is 16. The lowest BCUT2D eigenvalue weighted by atomic mass is 9.46. The lowest BCUT2D eigenvalue weighted by Gasteiger charge is -2.57. The fourth-order valence-corrected chi connectivity index (χ4v) is 18.4. The van der Waals surface area contributed by atoms with Crippen LogP contribution in [0.2, 0.25) is 0 Å². The van der Waals surface area contributed by atoms with Crippen LogP contribution in [0.15, 0.2) is 142 Å². The predicted octanol–water partition coefficient (Wildman–Crippen LogP) is 12.6. The minimum absolute atomic E-state index is 0.000108. The van der Waals surface area contributed by atoms with E-state index in [4.69, 9.17) is 23.4 Å². The first-order valence-electron chi connectivity index (χ1n) is 32.1. The van der Waals surface area contributed by atoms with Crippen molar-refractivity contribution in [3.63, 3.8) is 0 Å². The van der Waals surface area contributed by atoms with Gasteiger partial charge in [-0.3, -0.25) is 4.79 Å². The maximum atomic E-state index is 15.9. The van der Waals surface area contributed by atoms with Gasteiger partial charge in [-0.1, -0.05) is 122 Å². The summed E-state index contributed by atoms with van der Waals surface area (Å²) < 4.78 is 33.3. The summed E-state index contributed by atoms with van der Waals surface area (Å²) in [5.74, 6) is -0.876. The van der Waals surface area contributed by atoms with Crippen molar-refractivity contribution in [3.8, 4) is 5.75 Å². The second-order valence-corrected chi connectivity index (χ2v) is 26.6. The molecule has 15 rings (SSSR count). The number of aryl methyl sites for hydroxylation is 2. The molecule has 2 saturated carbocycles. The van der Waals surface area contributed by atoms with Crippen molar-refractivity contribution in [2.75, 3.05) is 26.6 Å². The zero-order chi connectivity index (χ0) is 59.7. The maximum Gasteiger partial charge on any atom is 0.340 e. The molecule has 0 unspecified atom stereocenters. The van der Waals surface area contributed by atoms with Gasteiger partial charge in [0.15, 0.2) is 12.2 Å². The normalized spacial score (nSPS) is 30.6. The summed E-state index contributed by atoms with van der Waals surface area (Å²) in [6.07, 6.45) is 17.5. The molecule has 1 aromatic heterocycles. The van der Waals surface area contributed by atoms with E-state index in [1.165, 1.54) is 59.1 Å². The molecule has 87 heavy (non-hydrogen) atoms. The topological polar surface area (TPSA) is 182 Å². The van der Waals surface area contributed by atoms with Crippen LogP contribution in [0.3, 0.4) is 0 Å². The Labute approximate surface area is 508 Å². The van der Waals surface area contributed by atoms with Crippen LogP contribution in [0.4, 0.5) is 0 Å². The fraction of sp³-hybridized carbons (Fsp3) is 0.453. The zero-order valence-corrected chi connectivity index (χ0v) is 50.0. The number of rotatable bonds is 10. The van der Waals surface area contributed by atoms with Gasteiger partial charge >= 0.3 is 17.6 Å². The van der Waals surface area contributed by atoms with Crippen LogP contribution in [0.25, 0.3) is 17.0 Å². The molecule has 6 aromatic rings. The standard InChI is InChI=1S/C75H80O12/c1-43(39-77)55-28-19-44-17-20-46(21-18-44)56-29-25-48(58-14-8-16-64-59(58)30-27-53-12-7-11-52-26-24-47-10-4-6-15-63(47)75(52,53)64)35-51(56)37-66(80)84-70-68-65(32-31-60-62(40-78)67(73(82)85-69(60)68)50(33-34-76)41-83-42-79)87-74(2,71(70)86-72(55)81)54-36-49-23-22-45-9-3-5-13-57(45)61(49)38-54/h3-6,8-10,13-18,20-23,25,29,31-32,48-54,56,61,70-71,76-79H,7,11-12,19,24,26-28,30,33-42H2,1-2H3/b55-43-/t48-,49-,50+,51+,52-,53-,54-,56-,61+,70+,71-,74-,75-/m0/s1. The highest BCUT2D eigenvalue weighted by molar-refractivity contribution is 5.90. The lowest BCUT2D eigenvalue weighted by molar-refractivity contribution is -0.199. The van der Waals surface area contributed by atoms with Crippen LogP contribution in [-0.4, -0.2) is 70.7 Å². The summed E-state index contributed by atoms with van der Waals surface area (Å²) in [7, 11) is 0. The van der Waals surface area contributed by atoms with Crippen molar-refractivity contribution in [1.29, 1.82) is 0 Å². The number of benzene rings is 5. The van der Waals surface area contributed by atoms with Gasteiger partial charge in [0.2, 0.25) is 0 Å². The summed E-state index contributed by atoms with van der Waals surface area (Å²) in [5.41, 5.74) is 10.9. The highest BCUT2D eigenvalue weighted by Crippen LogP contribution is 2.62. The van der Waals surface area contributed by atoms with E-state index in [0.717, 1.165) is 36.0 Å². The van der Waals surface area contributed by atoms with E-state index in [1.807, 2.05) is 13.0 Å². The molecule has 12 heteroatoms. The number of esters is 2. The number of hydrogen-bond donors (Lipinski definition) is 4. The van der Waals surface area contributed by atoms with Crippen molar-refractivity contribution in [2.24, 2.45) is 29.6 Å². The summed E-state index contributed by atoms with van der Waals surface area (Å²) in [5, 5.41) is 42.3.